The van der Waals surface area contributed by atoms with Crippen LogP contribution in [0.1, 0.15) is 40.0 Å². The minimum Gasteiger partial charge on any atom is -0.326 e. The van der Waals surface area contributed by atoms with Gasteiger partial charge in [0.1, 0.15) is 0 Å². The molecule has 0 aromatic carbocycles. The van der Waals surface area contributed by atoms with Gasteiger partial charge in [-0.3, -0.25) is 4.90 Å². The molecule has 17 heavy (non-hydrogen) atoms. The summed E-state index contributed by atoms with van der Waals surface area (Å²) in [6, 6.07) is 1.89. The quantitative estimate of drug-likeness (QED) is 0.793. The van der Waals surface area contributed by atoms with E-state index in [1.165, 1.54) is 38.9 Å². The number of likely N-dealkylation sites (tertiary alicyclic amines) is 2. The molecule has 0 aromatic rings. The Hall–Kier alpha value is -0.120. The summed E-state index contributed by atoms with van der Waals surface area (Å²) in [4.78, 5) is 5.28. The van der Waals surface area contributed by atoms with Crippen LogP contribution < -0.4 is 5.73 Å². The van der Waals surface area contributed by atoms with E-state index in [9.17, 15) is 0 Å². The van der Waals surface area contributed by atoms with Crippen LogP contribution in [0.15, 0.2) is 0 Å². The molecule has 0 bridgehead atoms. The van der Waals surface area contributed by atoms with E-state index in [1.54, 1.807) is 0 Å². The molecule has 2 heterocycles. The summed E-state index contributed by atoms with van der Waals surface area (Å²) >= 11 is 0. The lowest BCUT2D eigenvalue weighted by molar-refractivity contribution is 0.197. The number of rotatable bonds is 2. The van der Waals surface area contributed by atoms with Crippen molar-refractivity contribution in [2.45, 2.75) is 58.2 Å². The van der Waals surface area contributed by atoms with Crippen LogP contribution in [-0.4, -0.2) is 54.1 Å². The molecule has 2 saturated heterocycles. The summed E-state index contributed by atoms with van der Waals surface area (Å²) in [5.41, 5.74) is 6.14. The molecule has 2 fully saturated rings. The van der Waals surface area contributed by atoms with Crippen LogP contribution in [0.5, 0.6) is 0 Å². The first-order valence-electron chi connectivity index (χ1n) is 7.31. The number of nitrogens with zero attached hydrogens (tertiary/aromatic N) is 2. The highest BCUT2D eigenvalue weighted by Crippen LogP contribution is 2.24. The fourth-order valence-electron chi connectivity index (χ4n) is 3.31. The van der Waals surface area contributed by atoms with Crippen molar-refractivity contribution in [3.8, 4) is 0 Å². The maximum Gasteiger partial charge on any atom is 0.0206 e. The van der Waals surface area contributed by atoms with Gasteiger partial charge in [0.15, 0.2) is 0 Å². The molecular weight excluding hydrogens is 210 g/mol. The molecule has 0 saturated carbocycles. The van der Waals surface area contributed by atoms with Crippen LogP contribution >= 0.6 is 0 Å². The standard InChI is InChI=1S/C14H29N3/c1-11(2)16-7-4-5-13(6-8-16)17-9-12(3)14(15)10-17/h11-14H,4-10,15H2,1-3H3. The van der Waals surface area contributed by atoms with Gasteiger partial charge in [0.2, 0.25) is 0 Å². The number of hydrogen-bond acceptors (Lipinski definition) is 3. The molecule has 0 spiro atoms. The smallest absolute Gasteiger partial charge is 0.0206 e. The summed E-state index contributed by atoms with van der Waals surface area (Å²) in [6.45, 7) is 11.8. The molecule has 0 amide bonds. The van der Waals surface area contributed by atoms with Gasteiger partial charge in [-0.1, -0.05) is 6.92 Å². The highest BCUT2D eigenvalue weighted by Gasteiger charge is 2.32. The minimum absolute atomic E-state index is 0.402. The fraction of sp³-hybridized carbons (Fsp3) is 1.00. The lowest BCUT2D eigenvalue weighted by Crippen LogP contribution is -2.37. The SMILES string of the molecule is CC1CN(C2CCCN(C(C)C)CC2)CC1N. The molecule has 2 aliphatic rings. The Labute approximate surface area is 106 Å². The Morgan fingerprint density at radius 1 is 1.12 bits per heavy atom. The van der Waals surface area contributed by atoms with Crippen LogP contribution in [0.4, 0.5) is 0 Å². The zero-order valence-electron chi connectivity index (χ0n) is 11.7. The Balaban J connectivity index is 1.87. The van der Waals surface area contributed by atoms with Crippen LogP contribution in [0, 0.1) is 5.92 Å². The zero-order valence-corrected chi connectivity index (χ0v) is 11.7. The third kappa shape index (κ3) is 3.21. The van der Waals surface area contributed by atoms with E-state index in [4.69, 9.17) is 5.73 Å². The second-order valence-corrected chi connectivity index (χ2v) is 6.31. The molecule has 0 aliphatic carbocycles. The van der Waals surface area contributed by atoms with Crippen molar-refractivity contribution in [2.75, 3.05) is 26.2 Å². The first-order valence-corrected chi connectivity index (χ1v) is 7.31. The molecule has 2 aliphatic heterocycles. The van der Waals surface area contributed by atoms with Gasteiger partial charge in [0, 0.05) is 31.2 Å². The monoisotopic (exact) mass is 239 g/mol. The van der Waals surface area contributed by atoms with E-state index in [0.717, 1.165) is 12.6 Å². The van der Waals surface area contributed by atoms with E-state index in [0.29, 0.717) is 18.0 Å². The normalized spacial score (nSPS) is 37.6. The van der Waals surface area contributed by atoms with E-state index in [2.05, 4.69) is 30.6 Å². The largest absolute Gasteiger partial charge is 0.326 e. The Morgan fingerprint density at radius 3 is 2.47 bits per heavy atom. The van der Waals surface area contributed by atoms with Gasteiger partial charge in [-0.2, -0.15) is 0 Å². The zero-order chi connectivity index (χ0) is 12.4. The third-order valence-corrected chi connectivity index (χ3v) is 4.68. The maximum atomic E-state index is 6.14. The molecule has 0 aromatic heterocycles. The molecular formula is C14H29N3. The average Bonchev–Trinajstić information content (AvgIpc) is 2.54. The van der Waals surface area contributed by atoms with Crippen LogP contribution in [-0.2, 0) is 0 Å². The summed E-state index contributed by atoms with van der Waals surface area (Å²) in [7, 11) is 0. The Kier molecular flexibility index (Phi) is 4.45. The molecule has 100 valence electrons. The van der Waals surface area contributed by atoms with Crippen LogP contribution in [0.3, 0.4) is 0 Å². The van der Waals surface area contributed by atoms with Gasteiger partial charge in [0.25, 0.3) is 0 Å². The highest BCUT2D eigenvalue weighted by atomic mass is 15.2. The van der Waals surface area contributed by atoms with Gasteiger partial charge < -0.3 is 10.6 Å². The van der Waals surface area contributed by atoms with Crippen molar-refractivity contribution in [3.05, 3.63) is 0 Å². The second-order valence-electron chi connectivity index (χ2n) is 6.31. The second kappa shape index (κ2) is 5.68. The van der Waals surface area contributed by atoms with E-state index >= 15 is 0 Å². The summed E-state index contributed by atoms with van der Waals surface area (Å²) in [5.74, 6) is 0.680. The molecule has 2 rings (SSSR count). The predicted molar refractivity (Wildman–Crippen MR) is 73.1 cm³/mol. The molecule has 3 unspecified atom stereocenters. The first-order chi connectivity index (χ1) is 8.08. The van der Waals surface area contributed by atoms with Gasteiger partial charge in [-0.05, 0) is 52.1 Å². The number of nitrogens with two attached hydrogens (primary N) is 1. The molecule has 2 N–H and O–H groups in total. The lowest BCUT2D eigenvalue weighted by atomic mass is 10.1. The van der Waals surface area contributed by atoms with Crippen molar-refractivity contribution >= 4 is 0 Å². The van der Waals surface area contributed by atoms with Crippen LogP contribution in [0.2, 0.25) is 0 Å². The molecule has 3 heteroatoms. The van der Waals surface area contributed by atoms with E-state index in [-0.39, 0.29) is 0 Å². The maximum absolute atomic E-state index is 6.14. The first kappa shape index (κ1) is 13.3. The van der Waals surface area contributed by atoms with Crippen molar-refractivity contribution in [1.82, 2.24) is 9.80 Å². The van der Waals surface area contributed by atoms with Crippen molar-refractivity contribution < 1.29 is 0 Å². The van der Waals surface area contributed by atoms with Crippen molar-refractivity contribution in [2.24, 2.45) is 11.7 Å². The molecule has 0 radical (unpaired) electrons. The molecule has 3 nitrogen and oxygen atoms in total. The average molecular weight is 239 g/mol. The van der Waals surface area contributed by atoms with Gasteiger partial charge in [-0.15, -0.1) is 0 Å². The van der Waals surface area contributed by atoms with Gasteiger partial charge in [-0.25, -0.2) is 0 Å². The summed E-state index contributed by atoms with van der Waals surface area (Å²) in [5, 5.41) is 0. The lowest BCUT2D eigenvalue weighted by Gasteiger charge is -2.27. The topological polar surface area (TPSA) is 32.5 Å². The van der Waals surface area contributed by atoms with Gasteiger partial charge in [0.05, 0.1) is 0 Å². The third-order valence-electron chi connectivity index (χ3n) is 4.68. The predicted octanol–water partition coefficient (Wildman–Crippen LogP) is 1.53. The van der Waals surface area contributed by atoms with E-state index in [1.807, 2.05) is 0 Å². The summed E-state index contributed by atoms with van der Waals surface area (Å²) < 4.78 is 0. The highest BCUT2D eigenvalue weighted by molar-refractivity contribution is 4.89. The Morgan fingerprint density at radius 2 is 1.88 bits per heavy atom. The molecule has 3 atom stereocenters. The van der Waals surface area contributed by atoms with Gasteiger partial charge >= 0.3 is 0 Å². The van der Waals surface area contributed by atoms with E-state index < -0.39 is 0 Å². The summed E-state index contributed by atoms with van der Waals surface area (Å²) in [6.07, 6.45) is 4.04. The van der Waals surface area contributed by atoms with Crippen molar-refractivity contribution in [3.63, 3.8) is 0 Å². The van der Waals surface area contributed by atoms with Crippen LogP contribution in [0.25, 0.3) is 0 Å². The Bertz CT molecular complexity index is 232. The minimum atomic E-state index is 0.402. The van der Waals surface area contributed by atoms with Crippen molar-refractivity contribution in [1.29, 1.82) is 0 Å². The fourth-order valence-corrected chi connectivity index (χ4v) is 3.31. The number of hydrogen-bond donors (Lipinski definition) is 1.